The molecule has 0 aliphatic carbocycles. The number of ether oxygens (including phenoxy) is 1. The minimum absolute atomic E-state index is 0.0107. The number of para-hydroxylation sites is 2. The number of hydrogen-bond acceptors (Lipinski definition) is 8. The third-order valence-corrected chi connectivity index (χ3v) is 10.0. The molecule has 0 bridgehead atoms. The van der Waals surface area contributed by atoms with Crippen LogP contribution in [0, 0.1) is 24.5 Å². The van der Waals surface area contributed by atoms with Gasteiger partial charge in [0.2, 0.25) is 23.6 Å². The number of halogens is 2. The first-order valence-electron chi connectivity index (χ1n) is 18.6. The molecule has 0 aromatic heterocycles. The maximum Gasteiger partial charge on any atom is 0.303 e. The van der Waals surface area contributed by atoms with Gasteiger partial charge in [-0.15, -0.1) is 0 Å². The average Bonchev–Trinajstić information content (AvgIpc) is 3.60. The fraction of sp³-hybridized carbons (Fsp3) is 0.415. The van der Waals surface area contributed by atoms with Gasteiger partial charge in [-0.2, -0.15) is 0 Å². The van der Waals surface area contributed by atoms with E-state index in [2.05, 4.69) is 21.3 Å². The fourth-order valence-electron chi connectivity index (χ4n) is 6.94. The van der Waals surface area contributed by atoms with Gasteiger partial charge < -0.3 is 36.0 Å². The molecule has 1 unspecified atom stereocenters. The summed E-state index contributed by atoms with van der Waals surface area (Å²) in [5, 5.41) is 20.6. The third-order valence-electron chi connectivity index (χ3n) is 10.0. The van der Waals surface area contributed by atoms with Crippen LogP contribution in [-0.4, -0.2) is 82.7 Å². The van der Waals surface area contributed by atoms with Gasteiger partial charge in [-0.05, 0) is 73.9 Å². The van der Waals surface area contributed by atoms with Crippen molar-refractivity contribution in [2.75, 3.05) is 18.5 Å². The second kappa shape index (κ2) is 18.2. The molecule has 5 rings (SSSR count). The summed E-state index contributed by atoms with van der Waals surface area (Å²) < 4.78 is 33.3. The number of carboxylic acid groups (broad SMARTS) is 1. The SMILES string of the molecule is Cc1ccc2c(c1)CCN(C(=O)[C@@H](NC(=O)[C@H](CCCC(=O)O)NC(=O)C1Cc3ccccc3N1)C(C)C)[C@@H]2C(=O)N[C@@H](C)C(=O)COc1c(F)cccc1F. The number of fused-ring (bicyclic) bond motifs is 2. The summed E-state index contributed by atoms with van der Waals surface area (Å²) in [6.07, 6.45) is 0.610. The summed E-state index contributed by atoms with van der Waals surface area (Å²) in [6, 6.07) is 10.6. The van der Waals surface area contributed by atoms with E-state index in [0.29, 0.717) is 18.4 Å². The minimum atomic E-state index is -1.22. The number of benzene rings is 3. The molecule has 298 valence electrons. The van der Waals surface area contributed by atoms with Gasteiger partial charge in [-0.3, -0.25) is 28.8 Å². The molecule has 0 fully saturated rings. The van der Waals surface area contributed by atoms with Crippen molar-refractivity contribution in [2.45, 2.75) is 90.0 Å². The van der Waals surface area contributed by atoms with Gasteiger partial charge in [0, 0.05) is 25.1 Å². The Balaban J connectivity index is 1.33. The van der Waals surface area contributed by atoms with E-state index in [1.807, 2.05) is 37.3 Å². The molecule has 0 saturated heterocycles. The number of carbonyl (C=O) groups is 6. The molecular formula is C41H47F2N5O8. The maximum absolute atomic E-state index is 14.5. The normalized spacial score (nSPS) is 17.4. The topological polar surface area (TPSA) is 183 Å². The number of hydrogen-bond donors (Lipinski definition) is 5. The second-order valence-electron chi connectivity index (χ2n) is 14.6. The number of carboxylic acids is 1. The van der Waals surface area contributed by atoms with Gasteiger partial charge in [0.1, 0.15) is 30.8 Å². The Morgan fingerprint density at radius 1 is 0.911 bits per heavy atom. The lowest BCUT2D eigenvalue weighted by molar-refractivity contribution is -0.146. The second-order valence-corrected chi connectivity index (χ2v) is 14.6. The van der Waals surface area contributed by atoms with Crippen LogP contribution in [0.5, 0.6) is 5.75 Å². The standard InChI is InChI=1S/C41H47F2N5O8/c1-22(2)35(47-38(52)31(13-8-14-34(50)51)46-39(53)32-20-26-9-5-6-12-30(26)45-32)41(55)48-18-17-25-19-23(3)15-16-27(25)36(48)40(54)44-24(4)33(49)21-56-37-28(42)10-7-11-29(37)43/h5-7,9-12,15-16,19,22,24,31-32,35-36,45H,8,13-14,17-18,20-21H2,1-4H3,(H,44,54)(H,46,53)(H,47,52)(H,50,51)/t24-,31-,32?,35-,36-/m0/s1. The summed E-state index contributed by atoms with van der Waals surface area (Å²) >= 11 is 0. The van der Waals surface area contributed by atoms with E-state index in [1.54, 1.807) is 26.0 Å². The van der Waals surface area contributed by atoms with E-state index in [4.69, 9.17) is 4.74 Å². The predicted molar refractivity (Wildman–Crippen MR) is 202 cm³/mol. The van der Waals surface area contributed by atoms with E-state index in [0.717, 1.165) is 40.6 Å². The number of rotatable bonds is 16. The zero-order chi connectivity index (χ0) is 40.7. The highest BCUT2D eigenvalue weighted by molar-refractivity contribution is 5.97. The molecule has 0 saturated carbocycles. The number of ketones is 1. The summed E-state index contributed by atoms with van der Waals surface area (Å²) in [5.41, 5.74) is 4.01. The number of Topliss-reactive ketones (excluding diaryl/α,β-unsaturated/α-hetero) is 1. The Morgan fingerprint density at radius 2 is 1.62 bits per heavy atom. The van der Waals surface area contributed by atoms with Gasteiger partial charge in [-0.25, -0.2) is 8.78 Å². The highest BCUT2D eigenvalue weighted by Crippen LogP contribution is 2.32. The van der Waals surface area contributed by atoms with Gasteiger partial charge in [0.25, 0.3) is 0 Å². The first-order valence-corrected chi connectivity index (χ1v) is 18.6. The quantitative estimate of drug-likeness (QED) is 0.145. The summed E-state index contributed by atoms with van der Waals surface area (Å²) in [4.78, 5) is 81.6. The molecule has 0 radical (unpaired) electrons. The van der Waals surface area contributed by atoms with Gasteiger partial charge >= 0.3 is 5.97 Å². The molecule has 5 N–H and O–H groups in total. The van der Waals surface area contributed by atoms with E-state index >= 15 is 0 Å². The van der Waals surface area contributed by atoms with Crippen LogP contribution in [0.2, 0.25) is 0 Å². The number of amides is 4. The molecule has 15 heteroatoms. The van der Waals surface area contributed by atoms with Crippen molar-refractivity contribution in [3.63, 3.8) is 0 Å². The molecule has 4 amide bonds. The summed E-state index contributed by atoms with van der Waals surface area (Å²) in [6.45, 7) is 6.08. The van der Waals surface area contributed by atoms with Gasteiger partial charge in [-0.1, -0.05) is 61.9 Å². The zero-order valence-electron chi connectivity index (χ0n) is 31.7. The number of aliphatic carboxylic acids is 1. The molecule has 13 nitrogen and oxygen atoms in total. The van der Waals surface area contributed by atoms with Crippen molar-refractivity contribution < 1.29 is 47.4 Å². The van der Waals surface area contributed by atoms with E-state index in [9.17, 15) is 42.7 Å². The van der Waals surface area contributed by atoms with Crippen molar-refractivity contribution in [3.05, 3.63) is 94.6 Å². The maximum atomic E-state index is 14.5. The third kappa shape index (κ3) is 9.86. The highest BCUT2D eigenvalue weighted by Gasteiger charge is 2.41. The van der Waals surface area contributed by atoms with Crippen LogP contribution >= 0.6 is 0 Å². The molecule has 2 aliphatic rings. The molecule has 5 atom stereocenters. The highest BCUT2D eigenvalue weighted by atomic mass is 19.1. The van der Waals surface area contributed by atoms with Gasteiger partial charge in [0.15, 0.2) is 23.2 Å². The molecule has 0 spiro atoms. The lowest BCUT2D eigenvalue weighted by Gasteiger charge is -2.39. The number of aryl methyl sites for hydroxylation is 1. The Labute approximate surface area is 323 Å². The van der Waals surface area contributed by atoms with Crippen molar-refractivity contribution in [3.8, 4) is 5.75 Å². The van der Waals surface area contributed by atoms with Gasteiger partial charge in [0.05, 0.1) is 6.04 Å². The van der Waals surface area contributed by atoms with Crippen LogP contribution in [0.25, 0.3) is 0 Å². The molecule has 2 heterocycles. The number of nitrogens with one attached hydrogen (secondary N) is 4. The average molecular weight is 776 g/mol. The van der Waals surface area contributed by atoms with Crippen LogP contribution in [0.15, 0.2) is 60.7 Å². The first-order chi connectivity index (χ1) is 26.6. The van der Waals surface area contributed by atoms with Crippen molar-refractivity contribution >= 4 is 41.1 Å². The van der Waals surface area contributed by atoms with Crippen LogP contribution in [0.4, 0.5) is 14.5 Å². The number of anilines is 1. The monoisotopic (exact) mass is 775 g/mol. The van der Waals surface area contributed by atoms with Crippen molar-refractivity contribution in [1.29, 1.82) is 0 Å². The van der Waals surface area contributed by atoms with Crippen LogP contribution < -0.4 is 26.0 Å². The van der Waals surface area contributed by atoms with Crippen LogP contribution in [0.3, 0.4) is 0 Å². The van der Waals surface area contributed by atoms with E-state index in [1.165, 1.54) is 11.8 Å². The molecule has 2 aliphatic heterocycles. The molecule has 3 aromatic carbocycles. The smallest absolute Gasteiger partial charge is 0.303 e. The Bertz CT molecular complexity index is 1950. The van der Waals surface area contributed by atoms with Crippen LogP contribution in [-0.2, 0) is 41.6 Å². The summed E-state index contributed by atoms with van der Waals surface area (Å²) in [7, 11) is 0. The number of nitrogens with zero attached hydrogens (tertiary/aromatic N) is 1. The first kappa shape index (κ1) is 41.3. The largest absolute Gasteiger partial charge is 0.481 e. The lowest BCUT2D eigenvalue weighted by atomic mass is 9.89. The predicted octanol–water partition coefficient (Wildman–Crippen LogP) is 3.77. The van der Waals surface area contributed by atoms with Crippen molar-refractivity contribution in [2.24, 2.45) is 5.92 Å². The van der Waals surface area contributed by atoms with Crippen molar-refractivity contribution in [1.82, 2.24) is 20.9 Å². The fourth-order valence-corrected chi connectivity index (χ4v) is 6.94. The molecule has 3 aromatic rings. The van der Waals surface area contributed by atoms with E-state index in [-0.39, 0.29) is 25.8 Å². The lowest BCUT2D eigenvalue weighted by Crippen LogP contribution is -2.59. The van der Waals surface area contributed by atoms with E-state index < -0.39 is 95.5 Å². The minimum Gasteiger partial charge on any atom is -0.481 e. The zero-order valence-corrected chi connectivity index (χ0v) is 31.7. The van der Waals surface area contributed by atoms with Crippen LogP contribution in [0.1, 0.15) is 68.3 Å². The Morgan fingerprint density at radius 3 is 2.30 bits per heavy atom. The summed E-state index contributed by atoms with van der Waals surface area (Å²) in [5.74, 6) is -7.37. The number of carbonyl (C=O) groups excluding carboxylic acids is 5. The molecular weight excluding hydrogens is 728 g/mol. The molecule has 56 heavy (non-hydrogen) atoms. The Kier molecular flexibility index (Phi) is 13.4. The Hall–Kier alpha value is -5.86.